The van der Waals surface area contributed by atoms with Gasteiger partial charge in [0, 0.05) is 21.0 Å². The molecule has 0 aliphatic rings. The number of rotatable bonds is 7. The third-order valence-corrected chi connectivity index (χ3v) is 6.67. The summed E-state index contributed by atoms with van der Waals surface area (Å²) in [6, 6.07) is 34.3. The molecule has 0 radical (unpaired) electrons. The van der Waals surface area contributed by atoms with Crippen LogP contribution in [-0.2, 0) is 6.61 Å². The number of thiophene rings is 1. The average molecular weight is 497 g/mol. The number of ether oxygens (including phenoxy) is 2. The van der Waals surface area contributed by atoms with Crippen molar-refractivity contribution < 1.29 is 14.3 Å². The second kappa shape index (κ2) is 10.6. The largest absolute Gasteiger partial charge is 0.488 e. The van der Waals surface area contributed by atoms with Crippen LogP contribution in [0.25, 0.3) is 21.6 Å². The molecule has 0 bridgehead atoms. The molecular formula is C30H21ClO3S. The van der Waals surface area contributed by atoms with Crippen LogP contribution in [0.15, 0.2) is 115 Å². The summed E-state index contributed by atoms with van der Waals surface area (Å²) in [4.78, 5) is 13.4. The maximum Gasteiger partial charge on any atom is 0.343 e. The van der Waals surface area contributed by atoms with E-state index in [9.17, 15) is 4.79 Å². The van der Waals surface area contributed by atoms with Crippen LogP contribution in [0.3, 0.4) is 0 Å². The van der Waals surface area contributed by atoms with Crippen molar-refractivity contribution in [2.45, 2.75) is 6.61 Å². The zero-order valence-corrected chi connectivity index (χ0v) is 20.3. The lowest BCUT2D eigenvalue weighted by molar-refractivity contribution is 0.0735. The number of benzene rings is 4. The van der Waals surface area contributed by atoms with Crippen LogP contribution in [0, 0.1) is 0 Å². The molecule has 0 spiro atoms. The fourth-order valence-electron chi connectivity index (χ4n) is 3.73. The fraction of sp³-hybridized carbons (Fsp3) is 0.0333. The van der Waals surface area contributed by atoms with E-state index < -0.39 is 0 Å². The maximum absolute atomic E-state index is 12.4. The van der Waals surface area contributed by atoms with E-state index >= 15 is 0 Å². The monoisotopic (exact) mass is 496 g/mol. The Morgan fingerprint density at radius 3 is 2.23 bits per heavy atom. The third-order valence-electron chi connectivity index (χ3n) is 5.47. The van der Waals surface area contributed by atoms with Gasteiger partial charge in [0.15, 0.2) is 0 Å². The van der Waals surface area contributed by atoms with Crippen molar-refractivity contribution in [3.8, 4) is 33.1 Å². The lowest BCUT2D eigenvalue weighted by atomic mass is 10.0. The predicted molar refractivity (Wildman–Crippen MR) is 142 cm³/mol. The number of halogens is 1. The highest BCUT2D eigenvalue weighted by molar-refractivity contribution is 7.14. The molecule has 5 aromatic rings. The first kappa shape index (κ1) is 22.9. The summed E-state index contributed by atoms with van der Waals surface area (Å²) in [6.07, 6.45) is 0. The number of carbonyl (C=O) groups is 1. The van der Waals surface area contributed by atoms with E-state index in [4.69, 9.17) is 21.1 Å². The minimum absolute atomic E-state index is 0.380. The number of hydrogen-bond acceptors (Lipinski definition) is 4. The molecule has 0 atom stereocenters. The Balaban J connectivity index is 1.39. The molecule has 0 saturated carbocycles. The first-order chi connectivity index (χ1) is 17.2. The van der Waals surface area contributed by atoms with Gasteiger partial charge in [-0.1, -0.05) is 60.1 Å². The highest BCUT2D eigenvalue weighted by Gasteiger charge is 2.15. The average Bonchev–Trinajstić information content (AvgIpc) is 3.39. The zero-order chi connectivity index (χ0) is 24.0. The summed E-state index contributed by atoms with van der Waals surface area (Å²) in [6.45, 7) is 0.469. The number of esters is 1. The lowest BCUT2D eigenvalue weighted by Crippen LogP contribution is -2.07. The highest BCUT2D eigenvalue weighted by atomic mass is 35.5. The normalized spacial score (nSPS) is 10.7. The van der Waals surface area contributed by atoms with Crippen LogP contribution in [-0.4, -0.2) is 5.97 Å². The van der Waals surface area contributed by atoms with Gasteiger partial charge in [0.05, 0.1) is 5.56 Å². The van der Waals surface area contributed by atoms with Gasteiger partial charge in [0.2, 0.25) is 0 Å². The van der Waals surface area contributed by atoms with Gasteiger partial charge in [-0.15, -0.1) is 11.3 Å². The Kier molecular flexibility index (Phi) is 6.94. The molecule has 172 valence electrons. The first-order valence-corrected chi connectivity index (χ1v) is 12.3. The maximum atomic E-state index is 12.4. The molecule has 5 heteroatoms. The summed E-state index contributed by atoms with van der Waals surface area (Å²) in [5.74, 6) is 0.885. The Labute approximate surface area is 213 Å². The summed E-state index contributed by atoms with van der Waals surface area (Å²) >= 11 is 8.01. The molecule has 4 aromatic carbocycles. The topological polar surface area (TPSA) is 35.5 Å². The predicted octanol–water partition coefficient (Wildman–Crippen LogP) is 8.53. The second-order valence-corrected chi connectivity index (χ2v) is 9.21. The van der Waals surface area contributed by atoms with Crippen LogP contribution in [0.4, 0.5) is 0 Å². The van der Waals surface area contributed by atoms with Crippen LogP contribution in [0.5, 0.6) is 11.5 Å². The summed E-state index contributed by atoms with van der Waals surface area (Å²) in [5.41, 5.74) is 4.60. The first-order valence-electron chi connectivity index (χ1n) is 11.1. The molecule has 0 fully saturated rings. The molecule has 0 aliphatic heterocycles. The Morgan fingerprint density at radius 2 is 1.49 bits per heavy atom. The van der Waals surface area contributed by atoms with Crippen LogP contribution >= 0.6 is 22.9 Å². The van der Waals surface area contributed by atoms with Crippen molar-refractivity contribution in [3.63, 3.8) is 0 Å². The molecule has 0 saturated heterocycles. The van der Waals surface area contributed by atoms with Crippen LogP contribution in [0.2, 0.25) is 5.02 Å². The second-order valence-electron chi connectivity index (χ2n) is 7.86. The molecule has 1 heterocycles. The molecule has 5 rings (SSSR count). The van der Waals surface area contributed by atoms with Gasteiger partial charge in [-0.25, -0.2) is 4.79 Å². The van der Waals surface area contributed by atoms with E-state index in [1.54, 1.807) is 23.5 Å². The molecule has 1 aromatic heterocycles. The van der Waals surface area contributed by atoms with E-state index in [1.807, 2.05) is 91.0 Å². The third kappa shape index (κ3) is 5.46. The Morgan fingerprint density at radius 1 is 0.771 bits per heavy atom. The Bertz CT molecular complexity index is 1430. The van der Waals surface area contributed by atoms with Gasteiger partial charge in [-0.2, -0.15) is 0 Å². The smallest absolute Gasteiger partial charge is 0.343 e. The van der Waals surface area contributed by atoms with Gasteiger partial charge in [-0.3, -0.25) is 0 Å². The van der Waals surface area contributed by atoms with Gasteiger partial charge in [0.25, 0.3) is 0 Å². The number of hydrogen-bond donors (Lipinski definition) is 0. The van der Waals surface area contributed by atoms with Gasteiger partial charge < -0.3 is 9.47 Å². The van der Waals surface area contributed by atoms with Crippen LogP contribution < -0.4 is 9.47 Å². The Hall–Kier alpha value is -3.86. The van der Waals surface area contributed by atoms with Gasteiger partial charge >= 0.3 is 5.97 Å². The summed E-state index contributed by atoms with van der Waals surface area (Å²) < 4.78 is 11.7. The quantitative estimate of drug-likeness (QED) is 0.167. The van der Waals surface area contributed by atoms with Crippen molar-refractivity contribution in [1.82, 2.24) is 0 Å². The summed E-state index contributed by atoms with van der Waals surface area (Å²) in [5, 5.41) is 2.70. The zero-order valence-electron chi connectivity index (χ0n) is 18.7. The standard InChI is InChI=1S/C30H21ClO3S/c31-24-13-16-28(33-20-21-7-3-1-4-8-21)27(19-24)26-17-18-35-29(26)22-11-14-25(15-12-22)34-30(32)23-9-5-2-6-10-23/h1-19H,20H2. The van der Waals surface area contributed by atoms with E-state index in [2.05, 4.69) is 11.4 Å². The molecule has 3 nitrogen and oxygen atoms in total. The minimum atomic E-state index is -0.380. The molecule has 0 N–H and O–H groups in total. The molecule has 0 aliphatic carbocycles. The van der Waals surface area contributed by atoms with E-state index in [0.29, 0.717) is 22.9 Å². The van der Waals surface area contributed by atoms with E-state index in [-0.39, 0.29) is 5.97 Å². The van der Waals surface area contributed by atoms with Crippen molar-refractivity contribution in [3.05, 3.63) is 131 Å². The molecule has 0 unspecified atom stereocenters. The SMILES string of the molecule is O=C(Oc1ccc(-c2sccc2-c2cc(Cl)ccc2OCc2ccccc2)cc1)c1ccccc1. The minimum Gasteiger partial charge on any atom is -0.488 e. The number of carbonyl (C=O) groups excluding carboxylic acids is 1. The molecule has 0 amide bonds. The van der Waals surface area contributed by atoms with Crippen molar-refractivity contribution in [2.75, 3.05) is 0 Å². The summed E-state index contributed by atoms with van der Waals surface area (Å²) in [7, 11) is 0. The van der Waals surface area contributed by atoms with Gasteiger partial charge in [-0.05, 0) is 77.2 Å². The van der Waals surface area contributed by atoms with Crippen molar-refractivity contribution in [2.24, 2.45) is 0 Å². The van der Waals surface area contributed by atoms with E-state index in [0.717, 1.165) is 32.9 Å². The highest BCUT2D eigenvalue weighted by Crippen LogP contribution is 2.42. The van der Waals surface area contributed by atoms with Gasteiger partial charge in [0.1, 0.15) is 18.1 Å². The molecule has 35 heavy (non-hydrogen) atoms. The van der Waals surface area contributed by atoms with Crippen LogP contribution in [0.1, 0.15) is 15.9 Å². The van der Waals surface area contributed by atoms with E-state index in [1.165, 1.54) is 0 Å². The van der Waals surface area contributed by atoms with Crippen molar-refractivity contribution >= 4 is 28.9 Å². The lowest BCUT2D eigenvalue weighted by Gasteiger charge is -2.13. The van der Waals surface area contributed by atoms with Crippen molar-refractivity contribution in [1.29, 1.82) is 0 Å². The fourth-order valence-corrected chi connectivity index (χ4v) is 4.82. The molecular weight excluding hydrogens is 476 g/mol.